The molecule has 2 aromatic rings. The number of hydrogen-bond donors (Lipinski definition) is 0. The van der Waals surface area contributed by atoms with Crippen LogP contribution in [0.4, 0.5) is 5.82 Å². The van der Waals surface area contributed by atoms with Gasteiger partial charge in [-0.2, -0.15) is 5.26 Å². The van der Waals surface area contributed by atoms with Gasteiger partial charge < -0.3 is 4.90 Å². The van der Waals surface area contributed by atoms with Gasteiger partial charge >= 0.3 is 0 Å². The Labute approximate surface area is 117 Å². The zero-order chi connectivity index (χ0) is 13.8. The smallest absolute Gasteiger partial charge is 0.159 e. The third kappa shape index (κ3) is 2.77. The molecular formula is C14H15ClN4. The molecule has 1 heterocycles. The van der Waals surface area contributed by atoms with Gasteiger partial charge in [0.1, 0.15) is 0 Å². The summed E-state index contributed by atoms with van der Waals surface area (Å²) in [6, 6.07) is 10.0. The number of fused-ring (bicyclic) bond motifs is 1. The van der Waals surface area contributed by atoms with E-state index in [0.29, 0.717) is 11.7 Å². The highest BCUT2D eigenvalue weighted by Gasteiger charge is 2.15. The predicted octanol–water partition coefficient (Wildman–Crippen LogP) is 3.27. The molecule has 5 heteroatoms. The molecule has 0 aliphatic carbocycles. The van der Waals surface area contributed by atoms with Crippen molar-refractivity contribution in [2.24, 2.45) is 5.92 Å². The summed E-state index contributed by atoms with van der Waals surface area (Å²) in [5, 5.41) is 19.4. The second-order valence-corrected chi connectivity index (χ2v) is 4.79. The van der Waals surface area contributed by atoms with Crippen molar-refractivity contribution >= 4 is 28.2 Å². The van der Waals surface area contributed by atoms with E-state index in [1.807, 2.05) is 38.1 Å². The number of aromatic nitrogens is 2. The van der Waals surface area contributed by atoms with Crippen molar-refractivity contribution in [1.29, 1.82) is 5.26 Å². The summed E-state index contributed by atoms with van der Waals surface area (Å²) < 4.78 is 0. The average Bonchev–Trinajstić information content (AvgIpc) is 2.45. The maximum Gasteiger partial charge on any atom is 0.159 e. The molecule has 0 radical (unpaired) electrons. The lowest BCUT2D eigenvalue weighted by atomic mass is 10.1. The van der Waals surface area contributed by atoms with Gasteiger partial charge in [-0.3, -0.25) is 0 Å². The van der Waals surface area contributed by atoms with E-state index in [4.69, 9.17) is 16.9 Å². The van der Waals surface area contributed by atoms with Crippen LogP contribution in [0.5, 0.6) is 0 Å². The van der Waals surface area contributed by atoms with Gasteiger partial charge in [-0.25, -0.2) is 0 Å². The van der Waals surface area contributed by atoms with Crippen LogP contribution in [0.3, 0.4) is 0 Å². The van der Waals surface area contributed by atoms with Crippen LogP contribution in [0.1, 0.15) is 13.8 Å². The first kappa shape index (κ1) is 13.6. The number of nitriles is 1. The Hall–Kier alpha value is -1.86. The molecule has 0 aliphatic heterocycles. The van der Waals surface area contributed by atoms with Crippen LogP contribution in [-0.2, 0) is 0 Å². The van der Waals surface area contributed by atoms with E-state index in [1.54, 1.807) is 0 Å². The molecule has 1 aromatic carbocycles. The third-order valence-corrected chi connectivity index (χ3v) is 3.30. The van der Waals surface area contributed by atoms with Crippen molar-refractivity contribution in [2.75, 3.05) is 18.0 Å². The number of hydrogen-bond acceptors (Lipinski definition) is 4. The molecule has 1 atom stereocenters. The molecule has 0 aliphatic rings. The maximum absolute atomic E-state index is 8.95. The molecule has 0 spiro atoms. The molecule has 0 N–H and O–H groups in total. The minimum atomic E-state index is -0.0591. The third-order valence-electron chi connectivity index (χ3n) is 3.02. The van der Waals surface area contributed by atoms with E-state index in [9.17, 15) is 0 Å². The standard InChI is InChI=1S/C14H15ClN4/c1-3-19(9-10(2)8-16)14-12-7-5-4-6-11(12)13(15)17-18-14/h4-7,10H,3,9H2,1-2H3. The minimum absolute atomic E-state index is 0.0591. The van der Waals surface area contributed by atoms with Gasteiger partial charge in [0.05, 0.1) is 12.0 Å². The van der Waals surface area contributed by atoms with Crippen LogP contribution < -0.4 is 4.90 Å². The first-order chi connectivity index (χ1) is 9.17. The number of benzene rings is 1. The first-order valence-electron chi connectivity index (χ1n) is 6.22. The van der Waals surface area contributed by atoms with Gasteiger partial charge in [0.15, 0.2) is 11.0 Å². The van der Waals surface area contributed by atoms with Crippen molar-refractivity contribution in [3.05, 3.63) is 29.4 Å². The van der Waals surface area contributed by atoms with Crippen molar-refractivity contribution < 1.29 is 0 Å². The summed E-state index contributed by atoms with van der Waals surface area (Å²) in [6.07, 6.45) is 0. The lowest BCUT2D eigenvalue weighted by molar-refractivity contribution is 0.677. The highest BCUT2D eigenvalue weighted by atomic mass is 35.5. The van der Waals surface area contributed by atoms with Crippen LogP contribution in [0.25, 0.3) is 10.8 Å². The van der Waals surface area contributed by atoms with E-state index >= 15 is 0 Å². The van der Waals surface area contributed by atoms with Crippen LogP contribution >= 0.6 is 11.6 Å². The van der Waals surface area contributed by atoms with Crippen molar-refractivity contribution in [1.82, 2.24) is 10.2 Å². The molecule has 0 amide bonds. The van der Waals surface area contributed by atoms with Crippen molar-refractivity contribution in [2.45, 2.75) is 13.8 Å². The number of halogens is 1. The summed E-state index contributed by atoms with van der Waals surface area (Å²) in [7, 11) is 0. The SMILES string of the molecule is CCN(CC(C)C#N)c1nnc(Cl)c2ccccc12. The summed E-state index contributed by atoms with van der Waals surface area (Å²) in [5.41, 5.74) is 0. The summed E-state index contributed by atoms with van der Waals surface area (Å²) in [5.74, 6) is 0.723. The fourth-order valence-electron chi connectivity index (χ4n) is 2.03. The van der Waals surface area contributed by atoms with E-state index in [1.165, 1.54) is 0 Å². The van der Waals surface area contributed by atoms with E-state index in [0.717, 1.165) is 23.1 Å². The van der Waals surface area contributed by atoms with Gasteiger partial charge in [0, 0.05) is 23.9 Å². The molecule has 0 saturated heterocycles. The molecule has 0 saturated carbocycles. The molecule has 0 fully saturated rings. The highest BCUT2D eigenvalue weighted by molar-refractivity contribution is 6.34. The quantitative estimate of drug-likeness (QED) is 0.859. The minimum Gasteiger partial charge on any atom is -0.354 e. The lowest BCUT2D eigenvalue weighted by Gasteiger charge is -2.23. The largest absolute Gasteiger partial charge is 0.354 e. The lowest BCUT2D eigenvalue weighted by Crippen LogP contribution is -2.29. The van der Waals surface area contributed by atoms with Crippen LogP contribution in [-0.4, -0.2) is 23.3 Å². The highest BCUT2D eigenvalue weighted by Crippen LogP contribution is 2.28. The monoisotopic (exact) mass is 274 g/mol. The Morgan fingerprint density at radius 1 is 1.32 bits per heavy atom. The Bertz CT molecular complexity index is 620. The van der Waals surface area contributed by atoms with Crippen LogP contribution in [0.2, 0.25) is 5.15 Å². The van der Waals surface area contributed by atoms with E-state index < -0.39 is 0 Å². The van der Waals surface area contributed by atoms with Gasteiger partial charge in [0.25, 0.3) is 0 Å². The second-order valence-electron chi connectivity index (χ2n) is 4.43. The van der Waals surface area contributed by atoms with Crippen molar-refractivity contribution in [3.63, 3.8) is 0 Å². The zero-order valence-electron chi connectivity index (χ0n) is 11.0. The number of anilines is 1. The molecule has 0 bridgehead atoms. The Kier molecular flexibility index (Phi) is 4.18. The Balaban J connectivity index is 2.49. The molecular weight excluding hydrogens is 260 g/mol. The fourth-order valence-corrected chi connectivity index (χ4v) is 2.23. The predicted molar refractivity (Wildman–Crippen MR) is 77.2 cm³/mol. The van der Waals surface area contributed by atoms with Gasteiger partial charge in [-0.1, -0.05) is 35.9 Å². The topological polar surface area (TPSA) is 52.8 Å². The fraction of sp³-hybridized carbons (Fsp3) is 0.357. The normalized spacial score (nSPS) is 12.1. The Morgan fingerprint density at radius 2 is 2.00 bits per heavy atom. The van der Waals surface area contributed by atoms with E-state index in [2.05, 4.69) is 21.2 Å². The molecule has 19 heavy (non-hydrogen) atoms. The second kappa shape index (κ2) is 5.85. The summed E-state index contributed by atoms with van der Waals surface area (Å²) >= 11 is 6.07. The van der Waals surface area contributed by atoms with Crippen LogP contribution in [0.15, 0.2) is 24.3 Å². The zero-order valence-corrected chi connectivity index (χ0v) is 11.7. The number of nitrogens with zero attached hydrogens (tertiary/aromatic N) is 4. The molecule has 1 unspecified atom stereocenters. The molecule has 98 valence electrons. The summed E-state index contributed by atoms with van der Waals surface area (Å²) in [6.45, 7) is 5.34. The Morgan fingerprint density at radius 3 is 2.63 bits per heavy atom. The number of rotatable bonds is 4. The van der Waals surface area contributed by atoms with Gasteiger partial charge in [0.2, 0.25) is 0 Å². The maximum atomic E-state index is 8.95. The molecule has 2 rings (SSSR count). The van der Waals surface area contributed by atoms with Crippen molar-refractivity contribution in [3.8, 4) is 6.07 Å². The molecule has 4 nitrogen and oxygen atoms in total. The van der Waals surface area contributed by atoms with Gasteiger partial charge in [-0.15, -0.1) is 10.2 Å². The first-order valence-corrected chi connectivity index (χ1v) is 6.60. The summed E-state index contributed by atoms with van der Waals surface area (Å²) in [4.78, 5) is 2.06. The molecule has 1 aromatic heterocycles. The van der Waals surface area contributed by atoms with E-state index in [-0.39, 0.29) is 5.92 Å². The average molecular weight is 275 g/mol. The van der Waals surface area contributed by atoms with Crippen LogP contribution in [0, 0.1) is 17.2 Å². The van der Waals surface area contributed by atoms with Gasteiger partial charge in [-0.05, 0) is 13.8 Å².